The van der Waals surface area contributed by atoms with Gasteiger partial charge in [-0.3, -0.25) is 9.62 Å². The second-order valence-corrected chi connectivity index (χ2v) is 11.3. The summed E-state index contributed by atoms with van der Waals surface area (Å²) in [7, 11) is -3.05. The van der Waals surface area contributed by atoms with E-state index in [9.17, 15) is 26.8 Å². The van der Waals surface area contributed by atoms with Gasteiger partial charge >= 0.3 is 18.4 Å². The van der Waals surface area contributed by atoms with Gasteiger partial charge in [0.2, 0.25) is 5.89 Å². The van der Waals surface area contributed by atoms with E-state index in [0.717, 1.165) is 15.2 Å². The van der Waals surface area contributed by atoms with Crippen molar-refractivity contribution in [3.05, 3.63) is 46.5 Å². The lowest BCUT2D eigenvalue weighted by atomic mass is 10.1. The van der Waals surface area contributed by atoms with E-state index in [0.29, 0.717) is 0 Å². The summed E-state index contributed by atoms with van der Waals surface area (Å²) in [5, 5.41) is 10.1. The van der Waals surface area contributed by atoms with Gasteiger partial charge in [-0.05, 0) is 45.9 Å². The van der Waals surface area contributed by atoms with Crippen molar-refractivity contribution in [3.63, 3.8) is 0 Å². The molecule has 4 rings (SSSR count). The maximum absolute atomic E-state index is 13.8. The van der Waals surface area contributed by atoms with Gasteiger partial charge in [-0.25, -0.2) is 22.7 Å². The van der Waals surface area contributed by atoms with Crippen LogP contribution in [0.2, 0.25) is 0 Å². The number of benzene rings is 1. The molecule has 38 heavy (non-hydrogen) atoms. The van der Waals surface area contributed by atoms with Gasteiger partial charge in [0.05, 0.1) is 30.5 Å². The predicted octanol–water partition coefficient (Wildman–Crippen LogP) is 3.07. The first-order valence-corrected chi connectivity index (χ1v) is 12.8. The maximum Gasteiger partial charge on any atom is 0.436 e. The normalized spacial score (nSPS) is 15.8. The summed E-state index contributed by atoms with van der Waals surface area (Å²) in [6.07, 6.45) is -0.930. The molecule has 1 N–H and O–H groups in total. The predicted molar refractivity (Wildman–Crippen MR) is 131 cm³/mol. The van der Waals surface area contributed by atoms with Crippen molar-refractivity contribution in [2.45, 2.75) is 57.3 Å². The van der Waals surface area contributed by atoms with Crippen LogP contribution in [0.4, 0.5) is 25.0 Å². The monoisotopic (exact) mass is 558 g/mol. The van der Waals surface area contributed by atoms with E-state index < -0.39 is 45.0 Å². The minimum Gasteiger partial charge on any atom is -0.486 e. The number of fused-ring (bicyclic) bond motifs is 1. The summed E-state index contributed by atoms with van der Waals surface area (Å²) in [5.41, 5.74) is -0.654. The molecule has 1 atom stereocenters. The van der Waals surface area contributed by atoms with Crippen LogP contribution in [-0.4, -0.2) is 52.3 Å². The molecule has 0 fully saturated rings. The average molecular weight is 559 g/mol. The van der Waals surface area contributed by atoms with E-state index in [-0.39, 0.29) is 47.8 Å². The van der Waals surface area contributed by atoms with Crippen LogP contribution in [-0.2, 0) is 28.2 Å². The molecule has 13 nitrogen and oxygen atoms in total. The molecule has 1 aliphatic rings. The first kappa shape index (κ1) is 27.1. The van der Waals surface area contributed by atoms with Crippen LogP contribution in [0.25, 0.3) is 0 Å². The fourth-order valence-electron chi connectivity index (χ4n) is 3.75. The topological polar surface area (TPSA) is 151 Å². The van der Waals surface area contributed by atoms with E-state index in [1.54, 1.807) is 20.8 Å². The van der Waals surface area contributed by atoms with Crippen molar-refractivity contribution in [1.29, 1.82) is 0 Å². The Labute approximate surface area is 217 Å². The number of alkyl halides is 2. The summed E-state index contributed by atoms with van der Waals surface area (Å²) in [6.45, 7) is 3.03. The minimum absolute atomic E-state index is 0. The average Bonchev–Trinajstić information content (AvgIpc) is 3.34. The van der Waals surface area contributed by atoms with Crippen molar-refractivity contribution in [3.8, 4) is 5.75 Å². The maximum atomic E-state index is 13.8. The van der Waals surface area contributed by atoms with Crippen LogP contribution in [0.1, 0.15) is 40.3 Å². The van der Waals surface area contributed by atoms with E-state index in [1.165, 1.54) is 32.2 Å². The van der Waals surface area contributed by atoms with Crippen LogP contribution in [0.15, 0.2) is 38.5 Å². The third-order valence-corrected chi connectivity index (χ3v) is 7.19. The first-order valence-electron chi connectivity index (χ1n) is 11.3. The Morgan fingerprint density at radius 1 is 1.32 bits per heavy atom. The van der Waals surface area contributed by atoms with Crippen molar-refractivity contribution in [1.82, 2.24) is 19.6 Å². The number of carbonyl (C=O) groups excluding carboxylic acids is 1. The fraction of sp³-hybridized carbons (Fsp3) is 0.455. The molecule has 0 radical (unpaired) electrons. The number of nitrogens with one attached hydrogen (secondary N) is 1. The Morgan fingerprint density at radius 3 is 2.61 bits per heavy atom. The highest BCUT2D eigenvalue weighted by molar-refractivity contribution is 7.92. The molecule has 0 bridgehead atoms. The number of hydrogen-bond donors (Lipinski definition) is 1. The van der Waals surface area contributed by atoms with E-state index >= 15 is 0 Å². The highest BCUT2D eigenvalue weighted by Gasteiger charge is 2.38. The molecule has 0 aliphatic carbocycles. The van der Waals surface area contributed by atoms with Crippen molar-refractivity contribution in [2.24, 2.45) is 7.05 Å². The Kier molecular flexibility index (Phi) is 6.94. The summed E-state index contributed by atoms with van der Waals surface area (Å²) in [5.74, 6) is -0.557. The lowest BCUT2D eigenvalue weighted by Gasteiger charge is -2.35. The molecular formula is C22H28F2N6O7S. The SMILES string of the molecule is Cc1nn(C(F)F)cc1S(=O)(=O)N1C[C@H](Cc2nn(C)c(=O)o2)Oc2ccc(NC(=O)OC(C)(C)C)cc21.[HH]. The zero-order valence-electron chi connectivity index (χ0n) is 21.1. The van der Waals surface area contributed by atoms with Crippen molar-refractivity contribution in [2.75, 3.05) is 16.2 Å². The molecule has 16 heteroatoms. The van der Waals surface area contributed by atoms with Crippen LogP contribution in [0.3, 0.4) is 0 Å². The lowest BCUT2D eigenvalue weighted by molar-refractivity contribution is 0.0560. The second-order valence-electron chi connectivity index (χ2n) is 9.51. The second kappa shape index (κ2) is 9.74. The molecule has 0 spiro atoms. The molecule has 3 heterocycles. The Balaban J connectivity index is 0.00000420. The zero-order valence-corrected chi connectivity index (χ0v) is 22.0. The van der Waals surface area contributed by atoms with Gasteiger partial charge in [0.15, 0.2) is 0 Å². The first-order chi connectivity index (χ1) is 17.6. The molecular weight excluding hydrogens is 530 g/mol. The molecule has 1 amide bonds. The highest BCUT2D eigenvalue weighted by atomic mass is 32.2. The van der Waals surface area contributed by atoms with Gasteiger partial charge in [0, 0.05) is 14.2 Å². The largest absolute Gasteiger partial charge is 0.486 e. The standard InChI is InChI=1S/C22H26F2N6O7S.H2/c1-12-17(11-29(26-12)19(23)24)38(33,34)30-10-14(9-18-27-28(5)21(32)36-18)35-16-7-6-13(8-15(16)30)25-20(31)37-22(2,3)4;/h6-8,11,14,19H,9-10H2,1-5H3,(H,25,31);1H/t14-;/m0./s1. The molecule has 2 aromatic heterocycles. The number of anilines is 2. The molecule has 208 valence electrons. The van der Waals surface area contributed by atoms with Crippen LogP contribution < -0.4 is 20.1 Å². The van der Waals surface area contributed by atoms with Crippen molar-refractivity contribution >= 4 is 27.5 Å². The van der Waals surface area contributed by atoms with E-state index in [2.05, 4.69) is 15.5 Å². The number of halogens is 2. The van der Waals surface area contributed by atoms with Crippen LogP contribution >= 0.6 is 0 Å². The number of amides is 1. The van der Waals surface area contributed by atoms with E-state index in [4.69, 9.17) is 13.9 Å². The molecule has 0 unspecified atom stereocenters. The third kappa shape index (κ3) is 5.64. The third-order valence-electron chi connectivity index (χ3n) is 5.31. The van der Waals surface area contributed by atoms with E-state index in [1.807, 2.05) is 0 Å². The summed E-state index contributed by atoms with van der Waals surface area (Å²) in [6, 6.07) is 4.29. The molecule has 0 saturated carbocycles. The Hall–Kier alpha value is -3.95. The quantitative estimate of drug-likeness (QED) is 0.481. The summed E-state index contributed by atoms with van der Waals surface area (Å²) >= 11 is 0. The van der Waals surface area contributed by atoms with Crippen molar-refractivity contribution < 1.29 is 37.3 Å². The molecule has 3 aromatic rings. The Bertz CT molecular complexity index is 1530. The number of carbonyl (C=O) groups is 1. The number of hydrogen-bond acceptors (Lipinski definition) is 9. The van der Waals surface area contributed by atoms with Crippen LogP contribution in [0.5, 0.6) is 5.75 Å². The number of aromatic nitrogens is 4. The molecule has 0 saturated heterocycles. The van der Waals surface area contributed by atoms with Gasteiger partial charge in [0.25, 0.3) is 10.0 Å². The van der Waals surface area contributed by atoms with Gasteiger partial charge in [-0.1, -0.05) is 0 Å². The molecule has 1 aliphatic heterocycles. The smallest absolute Gasteiger partial charge is 0.436 e. The summed E-state index contributed by atoms with van der Waals surface area (Å²) in [4.78, 5) is 23.5. The Morgan fingerprint density at radius 2 is 2.03 bits per heavy atom. The number of sulfonamides is 1. The fourth-order valence-corrected chi connectivity index (χ4v) is 5.41. The minimum atomic E-state index is -4.45. The zero-order chi connectivity index (χ0) is 28.0. The van der Waals surface area contributed by atoms with Gasteiger partial charge in [-0.15, -0.1) is 5.10 Å². The summed E-state index contributed by atoms with van der Waals surface area (Å²) < 4.78 is 72.4. The number of rotatable bonds is 6. The lowest BCUT2D eigenvalue weighted by Crippen LogP contribution is -2.44. The number of aryl methyl sites for hydroxylation is 2. The highest BCUT2D eigenvalue weighted by Crippen LogP contribution is 2.40. The molecule has 1 aromatic carbocycles. The number of ether oxygens (including phenoxy) is 2. The van der Waals surface area contributed by atoms with Gasteiger partial charge < -0.3 is 13.9 Å². The number of nitrogens with zero attached hydrogens (tertiary/aromatic N) is 5. The van der Waals surface area contributed by atoms with Crippen LogP contribution in [0, 0.1) is 6.92 Å². The van der Waals surface area contributed by atoms with Gasteiger partial charge in [-0.2, -0.15) is 18.6 Å². The van der Waals surface area contributed by atoms with Gasteiger partial charge in [0.1, 0.15) is 22.4 Å².